The van der Waals surface area contributed by atoms with Crippen LogP contribution >= 0.6 is 23.1 Å². The summed E-state index contributed by atoms with van der Waals surface area (Å²) in [6.45, 7) is 2.02. The van der Waals surface area contributed by atoms with Crippen molar-refractivity contribution in [3.05, 3.63) is 46.5 Å². The molecule has 18 heavy (non-hydrogen) atoms. The Kier molecular flexibility index (Phi) is 4.22. The fourth-order valence-corrected chi connectivity index (χ4v) is 3.21. The van der Waals surface area contributed by atoms with Crippen molar-refractivity contribution in [3.63, 3.8) is 0 Å². The van der Waals surface area contributed by atoms with Gasteiger partial charge in [0.05, 0.1) is 0 Å². The van der Waals surface area contributed by atoms with Crippen molar-refractivity contribution < 1.29 is 5.21 Å². The Bertz CT molecular complexity index is 552. The summed E-state index contributed by atoms with van der Waals surface area (Å²) in [6, 6.07) is 5.79. The predicted molar refractivity (Wildman–Crippen MR) is 75.4 cm³/mol. The molecule has 94 valence electrons. The highest BCUT2D eigenvalue weighted by molar-refractivity contribution is 8.00. The van der Waals surface area contributed by atoms with Crippen LogP contribution in [0.25, 0.3) is 0 Å². The van der Waals surface area contributed by atoms with Crippen molar-refractivity contribution in [2.24, 2.45) is 10.9 Å². The minimum absolute atomic E-state index is 0.136. The van der Waals surface area contributed by atoms with Crippen LogP contribution in [0.4, 0.5) is 0 Å². The first-order chi connectivity index (χ1) is 8.70. The molecule has 0 saturated heterocycles. The fraction of sp³-hybridized carbons (Fsp3) is 0.167. The van der Waals surface area contributed by atoms with Gasteiger partial charge in [0.25, 0.3) is 0 Å². The van der Waals surface area contributed by atoms with Gasteiger partial charge in [-0.25, -0.2) is 4.98 Å². The molecule has 0 saturated carbocycles. The van der Waals surface area contributed by atoms with Crippen LogP contribution < -0.4 is 5.73 Å². The maximum atomic E-state index is 8.63. The van der Waals surface area contributed by atoms with E-state index < -0.39 is 0 Å². The molecule has 0 fully saturated rings. The Balaban J connectivity index is 2.10. The Morgan fingerprint density at radius 2 is 2.39 bits per heavy atom. The van der Waals surface area contributed by atoms with Gasteiger partial charge in [0.2, 0.25) is 0 Å². The number of aryl methyl sites for hydroxylation is 1. The SMILES string of the molecule is Cc1cc(/C(N)=N/O)ccc1CSc1nccs1. The predicted octanol–water partition coefficient (Wildman–Crippen LogP) is 2.84. The summed E-state index contributed by atoms with van der Waals surface area (Å²) < 4.78 is 1.06. The summed E-state index contributed by atoms with van der Waals surface area (Å²) >= 11 is 3.35. The molecule has 2 rings (SSSR count). The topological polar surface area (TPSA) is 71.5 Å². The van der Waals surface area contributed by atoms with Gasteiger partial charge in [-0.2, -0.15) is 0 Å². The average Bonchev–Trinajstić information content (AvgIpc) is 2.89. The first-order valence-electron chi connectivity index (χ1n) is 5.30. The maximum Gasteiger partial charge on any atom is 0.170 e. The summed E-state index contributed by atoms with van der Waals surface area (Å²) in [5.41, 5.74) is 8.64. The van der Waals surface area contributed by atoms with Crippen molar-refractivity contribution in [3.8, 4) is 0 Å². The number of amidine groups is 1. The molecule has 0 spiro atoms. The summed E-state index contributed by atoms with van der Waals surface area (Å²) in [6.07, 6.45) is 1.81. The number of rotatable bonds is 4. The van der Waals surface area contributed by atoms with Gasteiger partial charge in [-0.3, -0.25) is 0 Å². The molecule has 0 atom stereocenters. The van der Waals surface area contributed by atoms with Gasteiger partial charge in [-0.1, -0.05) is 29.1 Å². The number of nitrogens with zero attached hydrogens (tertiary/aromatic N) is 2. The van der Waals surface area contributed by atoms with E-state index in [-0.39, 0.29) is 5.84 Å². The van der Waals surface area contributed by atoms with Gasteiger partial charge < -0.3 is 10.9 Å². The molecule has 6 heteroatoms. The zero-order valence-electron chi connectivity index (χ0n) is 9.83. The first kappa shape index (κ1) is 12.9. The van der Waals surface area contributed by atoms with Crippen molar-refractivity contribution in [2.75, 3.05) is 0 Å². The highest BCUT2D eigenvalue weighted by atomic mass is 32.2. The van der Waals surface area contributed by atoms with Crippen LogP contribution in [-0.4, -0.2) is 16.0 Å². The van der Waals surface area contributed by atoms with Gasteiger partial charge >= 0.3 is 0 Å². The van der Waals surface area contributed by atoms with Crippen molar-refractivity contribution >= 4 is 28.9 Å². The largest absolute Gasteiger partial charge is 0.409 e. The zero-order valence-corrected chi connectivity index (χ0v) is 11.5. The van der Waals surface area contributed by atoms with Crippen LogP contribution in [0.3, 0.4) is 0 Å². The zero-order chi connectivity index (χ0) is 13.0. The highest BCUT2D eigenvalue weighted by Gasteiger charge is 2.05. The second-order valence-electron chi connectivity index (χ2n) is 3.71. The van der Waals surface area contributed by atoms with Gasteiger partial charge in [-0.05, 0) is 24.1 Å². The van der Waals surface area contributed by atoms with Crippen LogP contribution in [0, 0.1) is 6.92 Å². The Morgan fingerprint density at radius 1 is 1.56 bits per heavy atom. The minimum atomic E-state index is 0.136. The molecule has 3 N–H and O–H groups in total. The second-order valence-corrected chi connectivity index (χ2v) is 5.83. The van der Waals surface area contributed by atoms with Gasteiger partial charge in [0, 0.05) is 22.9 Å². The monoisotopic (exact) mass is 279 g/mol. The van der Waals surface area contributed by atoms with E-state index in [9.17, 15) is 0 Å². The lowest BCUT2D eigenvalue weighted by atomic mass is 10.1. The molecule has 1 aromatic heterocycles. The van der Waals surface area contributed by atoms with E-state index >= 15 is 0 Å². The summed E-state index contributed by atoms with van der Waals surface area (Å²) in [4.78, 5) is 4.23. The third-order valence-electron chi connectivity index (χ3n) is 2.51. The Labute approximate surface area is 114 Å². The highest BCUT2D eigenvalue weighted by Crippen LogP contribution is 2.26. The standard InChI is InChI=1S/C12H13N3OS2/c1-8-6-9(11(13)15-16)2-3-10(8)7-18-12-14-4-5-17-12/h2-6,16H,7H2,1H3,(H2,13,15). The lowest BCUT2D eigenvalue weighted by Crippen LogP contribution is -2.13. The van der Waals surface area contributed by atoms with Crippen molar-refractivity contribution in [2.45, 2.75) is 17.0 Å². The van der Waals surface area contributed by atoms with Gasteiger partial charge in [-0.15, -0.1) is 11.3 Å². The molecule has 0 aliphatic rings. The van der Waals surface area contributed by atoms with Crippen LogP contribution in [0.5, 0.6) is 0 Å². The molecule has 0 radical (unpaired) electrons. The van der Waals surface area contributed by atoms with Crippen LogP contribution in [0.15, 0.2) is 39.3 Å². The van der Waals surface area contributed by atoms with Crippen molar-refractivity contribution in [1.82, 2.24) is 4.98 Å². The normalized spacial score (nSPS) is 11.7. The van der Waals surface area contributed by atoms with E-state index in [1.165, 1.54) is 5.56 Å². The summed E-state index contributed by atoms with van der Waals surface area (Å²) in [5, 5.41) is 13.6. The first-order valence-corrected chi connectivity index (χ1v) is 7.17. The minimum Gasteiger partial charge on any atom is -0.409 e. The van der Waals surface area contributed by atoms with Crippen LogP contribution in [-0.2, 0) is 5.75 Å². The molecule has 0 bridgehead atoms. The van der Waals surface area contributed by atoms with E-state index in [1.54, 1.807) is 29.3 Å². The van der Waals surface area contributed by atoms with E-state index in [2.05, 4.69) is 10.1 Å². The van der Waals surface area contributed by atoms with Crippen LogP contribution in [0.1, 0.15) is 16.7 Å². The Morgan fingerprint density at radius 3 is 3.00 bits per heavy atom. The number of hydrogen-bond donors (Lipinski definition) is 2. The molecule has 2 aromatic rings. The maximum absolute atomic E-state index is 8.63. The van der Waals surface area contributed by atoms with E-state index in [0.29, 0.717) is 0 Å². The molecule has 0 aliphatic carbocycles. The van der Waals surface area contributed by atoms with Gasteiger partial charge in [0.1, 0.15) is 4.34 Å². The lowest BCUT2D eigenvalue weighted by Gasteiger charge is -2.06. The number of oxime groups is 1. The molecule has 4 nitrogen and oxygen atoms in total. The van der Waals surface area contributed by atoms with E-state index in [1.807, 2.05) is 30.5 Å². The molecular weight excluding hydrogens is 266 g/mol. The number of thiazole rings is 1. The molecule has 0 amide bonds. The molecule has 0 unspecified atom stereocenters. The quantitative estimate of drug-likeness (QED) is 0.297. The summed E-state index contributed by atoms with van der Waals surface area (Å²) in [5.74, 6) is 1.01. The third-order valence-corrected chi connectivity index (χ3v) is 4.52. The van der Waals surface area contributed by atoms with Gasteiger partial charge in [0.15, 0.2) is 5.84 Å². The van der Waals surface area contributed by atoms with E-state index in [0.717, 1.165) is 21.2 Å². The number of benzene rings is 1. The number of thioether (sulfide) groups is 1. The molecule has 0 aliphatic heterocycles. The number of nitrogens with two attached hydrogens (primary N) is 1. The van der Waals surface area contributed by atoms with Crippen LogP contribution in [0.2, 0.25) is 0 Å². The Hall–Kier alpha value is -1.53. The molecule has 1 heterocycles. The molecule has 1 aromatic carbocycles. The fourth-order valence-electron chi connectivity index (χ4n) is 1.50. The second kappa shape index (κ2) is 5.88. The number of aromatic nitrogens is 1. The smallest absolute Gasteiger partial charge is 0.170 e. The lowest BCUT2D eigenvalue weighted by molar-refractivity contribution is 0.318. The number of hydrogen-bond acceptors (Lipinski definition) is 5. The third kappa shape index (κ3) is 3.02. The van der Waals surface area contributed by atoms with E-state index in [4.69, 9.17) is 10.9 Å². The average molecular weight is 279 g/mol. The molecular formula is C12H13N3OS2. The van der Waals surface area contributed by atoms with Crippen molar-refractivity contribution in [1.29, 1.82) is 0 Å². The summed E-state index contributed by atoms with van der Waals surface area (Å²) in [7, 11) is 0.